The van der Waals surface area contributed by atoms with Crippen molar-refractivity contribution < 1.29 is 0 Å². The smallest absolute Gasteiger partial charge is 0.107 e. The molecule has 1 fully saturated rings. The second kappa shape index (κ2) is 5.22. The standard InChI is InChI=1S/C14H21N3S/c1-8-5-4-6-11(8)17-12-7-9(2)16-10(3)13(12)14(15)18/h7-8,11H,4-6H2,1-3H3,(H2,15,18)(H,16,17). The minimum Gasteiger partial charge on any atom is -0.389 e. The van der Waals surface area contributed by atoms with E-state index in [0.717, 1.165) is 22.6 Å². The van der Waals surface area contributed by atoms with Crippen LogP contribution in [0.3, 0.4) is 0 Å². The van der Waals surface area contributed by atoms with Gasteiger partial charge in [0.2, 0.25) is 0 Å². The molecule has 1 saturated carbocycles. The predicted molar refractivity (Wildman–Crippen MR) is 80.0 cm³/mol. The molecule has 3 N–H and O–H groups in total. The summed E-state index contributed by atoms with van der Waals surface area (Å²) in [6.45, 7) is 6.26. The second-order valence-electron chi connectivity index (χ2n) is 5.29. The van der Waals surface area contributed by atoms with Gasteiger partial charge in [0.15, 0.2) is 0 Å². The maximum absolute atomic E-state index is 5.83. The Labute approximate surface area is 114 Å². The summed E-state index contributed by atoms with van der Waals surface area (Å²) in [4.78, 5) is 4.87. The van der Waals surface area contributed by atoms with Crippen molar-refractivity contribution in [3.8, 4) is 0 Å². The number of hydrogen-bond donors (Lipinski definition) is 2. The maximum atomic E-state index is 5.83. The Kier molecular flexibility index (Phi) is 3.85. The van der Waals surface area contributed by atoms with Gasteiger partial charge in [-0.3, -0.25) is 4.98 Å². The van der Waals surface area contributed by atoms with E-state index < -0.39 is 0 Å². The van der Waals surface area contributed by atoms with E-state index in [2.05, 4.69) is 17.2 Å². The van der Waals surface area contributed by atoms with Gasteiger partial charge in [-0.15, -0.1) is 0 Å². The van der Waals surface area contributed by atoms with Crippen molar-refractivity contribution >= 4 is 22.9 Å². The van der Waals surface area contributed by atoms with E-state index in [9.17, 15) is 0 Å². The zero-order valence-corrected chi connectivity index (χ0v) is 12.1. The quantitative estimate of drug-likeness (QED) is 0.823. The van der Waals surface area contributed by atoms with Crippen LogP contribution in [0.2, 0.25) is 0 Å². The molecule has 2 atom stereocenters. The SMILES string of the molecule is Cc1cc(NC2CCCC2C)c(C(N)=S)c(C)n1. The highest BCUT2D eigenvalue weighted by Crippen LogP contribution is 2.30. The minimum atomic E-state index is 0.424. The number of rotatable bonds is 3. The molecule has 1 aromatic rings. The molecule has 18 heavy (non-hydrogen) atoms. The van der Waals surface area contributed by atoms with Crippen molar-refractivity contribution in [3.63, 3.8) is 0 Å². The number of nitrogens with two attached hydrogens (primary N) is 1. The Hall–Kier alpha value is -1.16. The van der Waals surface area contributed by atoms with Crippen LogP contribution >= 0.6 is 12.2 Å². The van der Waals surface area contributed by atoms with E-state index in [1.807, 2.05) is 19.9 Å². The number of aryl methyl sites for hydroxylation is 2. The van der Waals surface area contributed by atoms with Crippen molar-refractivity contribution in [3.05, 3.63) is 23.0 Å². The molecule has 4 heteroatoms. The van der Waals surface area contributed by atoms with E-state index in [0.29, 0.717) is 16.9 Å². The topological polar surface area (TPSA) is 50.9 Å². The van der Waals surface area contributed by atoms with E-state index >= 15 is 0 Å². The molecule has 0 bridgehead atoms. The molecule has 1 aliphatic rings. The fourth-order valence-electron chi connectivity index (χ4n) is 2.81. The summed E-state index contributed by atoms with van der Waals surface area (Å²) in [6, 6.07) is 2.58. The van der Waals surface area contributed by atoms with Gasteiger partial charge in [-0.25, -0.2) is 0 Å². The van der Waals surface area contributed by atoms with Gasteiger partial charge in [-0.1, -0.05) is 25.6 Å². The number of pyridine rings is 1. The Bertz CT molecular complexity index is 470. The molecule has 0 radical (unpaired) electrons. The fourth-order valence-corrected chi connectivity index (χ4v) is 3.07. The fraction of sp³-hybridized carbons (Fsp3) is 0.571. The Morgan fingerprint density at radius 2 is 2.17 bits per heavy atom. The molecule has 1 heterocycles. The van der Waals surface area contributed by atoms with Crippen LogP contribution < -0.4 is 11.1 Å². The summed E-state index contributed by atoms with van der Waals surface area (Å²) < 4.78 is 0. The van der Waals surface area contributed by atoms with E-state index in [4.69, 9.17) is 18.0 Å². The highest BCUT2D eigenvalue weighted by Gasteiger charge is 2.24. The Balaban J connectivity index is 2.33. The van der Waals surface area contributed by atoms with Crippen molar-refractivity contribution in [2.75, 3.05) is 5.32 Å². The number of hydrogen-bond acceptors (Lipinski definition) is 3. The summed E-state index contributed by atoms with van der Waals surface area (Å²) in [5.41, 5.74) is 9.68. The highest BCUT2D eigenvalue weighted by atomic mass is 32.1. The first-order valence-electron chi connectivity index (χ1n) is 6.53. The third kappa shape index (κ3) is 2.64. The number of nitrogens with zero attached hydrogens (tertiary/aromatic N) is 1. The first-order chi connectivity index (χ1) is 8.49. The largest absolute Gasteiger partial charge is 0.389 e. The summed E-state index contributed by atoms with van der Waals surface area (Å²) in [7, 11) is 0. The molecular weight excluding hydrogens is 242 g/mol. The van der Waals surface area contributed by atoms with Crippen LogP contribution in [0.25, 0.3) is 0 Å². The van der Waals surface area contributed by atoms with Crippen molar-refractivity contribution in [1.29, 1.82) is 0 Å². The number of thiocarbonyl (C=S) groups is 1. The van der Waals surface area contributed by atoms with Crippen molar-refractivity contribution in [2.24, 2.45) is 11.7 Å². The first-order valence-corrected chi connectivity index (χ1v) is 6.94. The molecule has 0 aromatic carbocycles. The lowest BCUT2D eigenvalue weighted by molar-refractivity contribution is 0.556. The third-order valence-electron chi connectivity index (χ3n) is 3.78. The molecule has 0 saturated heterocycles. The molecule has 3 nitrogen and oxygen atoms in total. The van der Waals surface area contributed by atoms with Crippen LogP contribution in [0.4, 0.5) is 5.69 Å². The van der Waals surface area contributed by atoms with Gasteiger partial charge >= 0.3 is 0 Å². The second-order valence-corrected chi connectivity index (χ2v) is 5.73. The molecule has 2 rings (SSSR count). The Morgan fingerprint density at radius 1 is 1.44 bits per heavy atom. The van der Waals surface area contributed by atoms with Crippen LogP contribution in [0.1, 0.15) is 43.1 Å². The lowest BCUT2D eigenvalue weighted by Crippen LogP contribution is -2.25. The number of nitrogens with one attached hydrogen (secondary N) is 1. The maximum Gasteiger partial charge on any atom is 0.107 e. The van der Waals surface area contributed by atoms with Gasteiger partial charge in [0.1, 0.15) is 4.99 Å². The van der Waals surface area contributed by atoms with Crippen LogP contribution in [-0.2, 0) is 0 Å². The van der Waals surface area contributed by atoms with Crippen LogP contribution in [0, 0.1) is 19.8 Å². The van der Waals surface area contributed by atoms with Gasteiger partial charge in [-0.2, -0.15) is 0 Å². The van der Waals surface area contributed by atoms with Gasteiger partial charge in [-0.05, 0) is 38.7 Å². The van der Waals surface area contributed by atoms with Crippen molar-refractivity contribution in [1.82, 2.24) is 4.98 Å². The molecule has 1 aromatic heterocycles. The lowest BCUT2D eigenvalue weighted by Gasteiger charge is -2.22. The van der Waals surface area contributed by atoms with Crippen LogP contribution in [0.15, 0.2) is 6.07 Å². The lowest BCUT2D eigenvalue weighted by atomic mass is 10.0. The van der Waals surface area contributed by atoms with Gasteiger partial charge in [0.25, 0.3) is 0 Å². The molecular formula is C14H21N3S. The van der Waals surface area contributed by atoms with Gasteiger partial charge in [0.05, 0.1) is 5.56 Å². The summed E-state index contributed by atoms with van der Waals surface area (Å²) >= 11 is 5.15. The highest BCUT2D eigenvalue weighted by molar-refractivity contribution is 7.80. The minimum absolute atomic E-state index is 0.424. The summed E-state index contributed by atoms with van der Waals surface area (Å²) in [5.74, 6) is 0.706. The monoisotopic (exact) mass is 263 g/mol. The molecule has 0 aliphatic heterocycles. The molecule has 2 unspecified atom stereocenters. The number of aromatic nitrogens is 1. The molecule has 98 valence electrons. The average Bonchev–Trinajstić information content (AvgIpc) is 2.62. The van der Waals surface area contributed by atoms with E-state index in [1.54, 1.807) is 0 Å². The zero-order valence-electron chi connectivity index (χ0n) is 11.3. The molecule has 1 aliphatic carbocycles. The summed E-state index contributed by atoms with van der Waals surface area (Å²) in [6.07, 6.45) is 3.81. The molecule has 0 amide bonds. The van der Waals surface area contributed by atoms with Gasteiger partial charge in [0, 0.05) is 23.1 Å². The van der Waals surface area contributed by atoms with Crippen LogP contribution in [0.5, 0.6) is 0 Å². The van der Waals surface area contributed by atoms with Gasteiger partial charge < -0.3 is 11.1 Å². The third-order valence-corrected chi connectivity index (χ3v) is 3.98. The summed E-state index contributed by atoms with van der Waals surface area (Å²) in [5, 5.41) is 3.61. The zero-order chi connectivity index (χ0) is 13.3. The molecule has 0 spiro atoms. The van der Waals surface area contributed by atoms with E-state index in [1.165, 1.54) is 19.3 Å². The number of anilines is 1. The normalized spacial score (nSPS) is 23.1. The van der Waals surface area contributed by atoms with E-state index in [-0.39, 0.29) is 0 Å². The van der Waals surface area contributed by atoms with Crippen LogP contribution in [-0.4, -0.2) is 16.0 Å². The average molecular weight is 263 g/mol. The first kappa shape index (κ1) is 13.3. The predicted octanol–water partition coefficient (Wildman–Crippen LogP) is 2.93. The van der Waals surface area contributed by atoms with Crippen molar-refractivity contribution in [2.45, 2.75) is 46.1 Å². The Morgan fingerprint density at radius 3 is 2.72 bits per heavy atom.